The van der Waals surface area contributed by atoms with Gasteiger partial charge in [-0.1, -0.05) is 0 Å². The number of benzene rings is 2. The van der Waals surface area contributed by atoms with Gasteiger partial charge in [0.05, 0.1) is 15.8 Å². The first kappa shape index (κ1) is 12.8. The van der Waals surface area contributed by atoms with Crippen LogP contribution in [0.4, 0.5) is 25.8 Å². The Balaban J connectivity index is 2.34. The highest BCUT2D eigenvalue weighted by Crippen LogP contribution is 2.28. The van der Waals surface area contributed by atoms with E-state index in [4.69, 9.17) is 5.73 Å². The molecule has 2 nitrogen and oxygen atoms in total. The van der Waals surface area contributed by atoms with Crippen molar-refractivity contribution in [3.05, 3.63) is 52.0 Å². The summed E-state index contributed by atoms with van der Waals surface area (Å²) in [6, 6.07) is 7.38. The summed E-state index contributed by atoms with van der Waals surface area (Å²) in [6.07, 6.45) is 0. The average Bonchev–Trinajstić information content (AvgIpc) is 2.31. The van der Waals surface area contributed by atoms with E-state index < -0.39 is 0 Å². The topological polar surface area (TPSA) is 38.0 Å². The molecule has 2 rings (SSSR count). The van der Waals surface area contributed by atoms with Crippen LogP contribution in [0.25, 0.3) is 0 Å². The molecule has 94 valence electrons. The summed E-state index contributed by atoms with van der Waals surface area (Å²) in [5.41, 5.74) is 7.77. The van der Waals surface area contributed by atoms with Crippen molar-refractivity contribution >= 4 is 33.0 Å². The summed E-state index contributed by atoms with van der Waals surface area (Å²) in [7, 11) is 0. The van der Waals surface area contributed by atoms with Gasteiger partial charge in [-0.05, 0) is 58.7 Å². The minimum absolute atomic E-state index is 0.304. The third kappa shape index (κ3) is 2.61. The van der Waals surface area contributed by atoms with Crippen LogP contribution in [0.1, 0.15) is 5.56 Å². The normalized spacial score (nSPS) is 10.4. The molecule has 0 unspecified atom stereocenters. The van der Waals surface area contributed by atoms with Crippen molar-refractivity contribution in [1.29, 1.82) is 0 Å². The van der Waals surface area contributed by atoms with E-state index in [0.717, 1.165) is 0 Å². The molecule has 0 bridgehead atoms. The predicted octanol–water partition coefficient (Wildman–Crippen LogP) is 4.36. The van der Waals surface area contributed by atoms with Crippen LogP contribution in [0.15, 0.2) is 34.8 Å². The van der Waals surface area contributed by atoms with Crippen LogP contribution in [-0.4, -0.2) is 0 Å². The van der Waals surface area contributed by atoms with Crippen molar-refractivity contribution in [1.82, 2.24) is 0 Å². The van der Waals surface area contributed by atoms with Crippen LogP contribution in [0.3, 0.4) is 0 Å². The molecule has 5 heteroatoms. The van der Waals surface area contributed by atoms with Crippen molar-refractivity contribution in [2.45, 2.75) is 6.92 Å². The monoisotopic (exact) mass is 312 g/mol. The van der Waals surface area contributed by atoms with E-state index >= 15 is 0 Å². The highest BCUT2D eigenvalue weighted by molar-refractivity contribution is 9.10. The lowest BCUT2D eigenvalue weighted by Crippen LogP contribution is -1.99. The Hall–Kier alpha value is -1.62. The van der Waals surface area contributed by atoms with Gasteiger partial charge in [-0.15, -0.1) is 0 Å². The zero-order valence-corrected chi connectivity index (χ0v) is 11.2. The molecule has 0 amide bonds. The maximum Gasteiger partial charge on any atom is 0.137 e. The molecular formula is C13H11BrF2N2. The first-order chi connectivity index (χ1) is 8.47. The fraction of sp³-hybridized carbons (Fsp3) is 0.0769. The number of nitrogens with two attached hydrogens (primary N) is 1. The molecule has 0 fully saturated rings. The van der Waals surface area contributed by atoms with Gasteiger partial charge in [0.1, 0.15) is 11.6 Å². The molecule has 0 aliphatic heterocycles. The molecule has 0 saturated carbocycles. The van der Waals surface area contributed by atoms with E-state index in [1.807, 2.05) is 0 Å². The summed E-state index contributed by atoms with van der Waals surface area (Å²) in [5, 5.41) is 3.02. The van der Waals surface area contributed by atoms with Gasteiger partial charge < -0.3 is 11.1 Å². The molecule has 2 aromatic rings. The van der Waals surface area contributed by atoms with Crippen molar-refractivity contribution in [3.8, 4) is 0 Å². The lowest BCUT2D eigenvalue weighted by molar-refractivity contribution is 0.619. The molecule has 0 atom stereocenters. The summed E-state index contributed by atoms with van der Waals surface area (Å²) < 4.78 is 26.7. The predicted molar refractivity (Wildman–Crippen MR) is 72.9 cm³/mol. The van der Waals surface area contributed by atoms with Crippen LogP contribution in [0.2, 0.25) is 0 Å². The minimum Gasteiger partial charge on any atom is -0.397 e. The smallest absolute Gasteiger partial charge is 0.137 e. The molecule has 0 aliphatic carbocycles. The number of hydrogen-bond acceptors (Lipinski definition) is 2. The molecule has 0 spiro atoms. The van der Waals surface area contributed by atoms with E-state index in [1.54, 1.807) is 25.1 Å². The fourth-order valence-electron chi connectivity index (χ4n) is 1.53. The lowest BCUT2D eigenvalue weighted by Gasteiger charge is -2.11. The summed E-state index contributed by atoms with van der Waals surface area (Å²) >= 11 is 3.10. The van der Waals surface area contributed by atoms with Crippen LogP contribution >= 0.6 is 15.9 Å². The Morgan fingerprint density at radius 2 is 1.83 bits per heavy atom. The highest BCUT2D eigenvalue weighted by atomic mass is 79.9. The van der Waals surface area contributed by atoms with E-state index in [9.17, 15) is 8.78 Å². The zero-order chi connectivity index (χ0) is 13.3. The molecule has 2 aromatic carbocycles. The molecule has 0 saturated heterocycles. The quantitative estimate of drug-likeness (QED) is 0.808. The molecule has 0 radical (unpaired) electrons. The van der Waals surface area contributed by atoms with Crippen LogP contribution in [-0.2, 0) is 0 Å². The Bertz CT molecular complexity index is 600. The lowest BCUT2D eigenvalue weighted by atomic mass is 10.1. The maximum absolute atomic E-state index is 13.3. The second kappa shape index (κ2) is 4.94. The third-order valence-electron chi connectivity index (χ3n) is 2.53. The van der Waals surface area contributed by atoms with E-state index in [2.05, 4.69) is 21.2 Å². The molecule has 3 N–H and O–H groups in total. The van der Waals surface area contributed by atoms with E-state index in [-0.39, 0.29) is 11.6 Å². The number of aryl methyl sites for hydroxylation is 1. The highest BCUT2D eigenvalue weighted by Gasteiger charge is 2.06. The number of rotatable bonds is 2. The Morgan fingerprint density at radius 1 is 1.11 bits per heavy atom. The van der Waals surface area contributed by atoms with Crippen molar-refractivity contribution in [2.24, 2.45) is 0 Å². The van der Waals surface area contributed by atoms with Crippen molar-refractivity contribution < 1.29 is 8.78 Å². The summed E-state index contributed by atoms with van der Waals surface area (Å²) in [6.45, 7) is 1.65. The van der Waals surface area contributed by atoms with E-state index in [1.165, 1.54) is 12.1 Å². The second-order valence-electron chi connectivity index (χ2n) is 3.94. The number of hydrogen-bond donors (Lipinski definition) is 2. The molecular weight excluding hydrogens is 302 g/mol. The van der Waals surface area contributed by atoms with Crippen molar-refractivity contribution in [3.63, 3.8) is 0 Å². The summed E-state index contributed by atoms with van der Waals surface area (Å²) in [5.74, 6) is -0.692. The second-order valence-corrected chi connectivity index (χ2v) is 4.80. The Kier molecular flexibility index (Phi) is 3.52. The van der Waals surface area contributed by atoms with Gasteiger partial charge in [-0.3, -0.25) is 0 Å². The first-order valence-electron chi connectivity index (χ1n) is 5.25. The van der Waals surface area contributed by atoms with Crippen LogP contribution in [0, 0.1) is 18.6 Å². The minimum atomic E-state index is -0.349. The van der Waals surface area contributed by atoms with Gasteiger partial charge in [0, 0.05) is 5.69 Å². The average molecular weight is 313 g/mol. The van der Waals surface area contributed by atoms with Crippen LogP contribution in [0.5, 0.6) is 0 Å². The van der Waals surface area contributed by atoms with Gasteiger partial charge in [0.25, 0.3) is 0 Å². The van der Waals surface area contributed by atoms with Gasteiger partial charge in [0.2, 0.25) is 0 Å². The SMILES string of the molecule is Cc1cc(Nc2ccc(F)c(Br)c2)c(N)cc1F. The number of halogens is 3. The zero-order valence-electron chi connectivity index (χ0n) is 9.60. The number of nitrogen functional groups attached to an aromatic ring is 1. The third-order valence-corrected chi connectivity index (χ3v) is 3.14. The standard InChI is InChI=1S/C13H11BrF2N2/c1-7-4-13(12(17)6-11(7)16)18-8-2-3-10(15)9(14)5-8/h2-6,18H,17H2,1H3. The first-order valence-corrected chi connectivity index (χ1v) is 6.04. The Morgan fingerprint density at radius 3 is 2.50 bits per heavy atom. The van der Waals surface area contributed by atoms with Gasteiger partial charge in [-0.2, -0.15) is 0 Å². The maximum atomic E-state index is 13.3. The number of nitrogens with one attached hydrogen (secondary N) is 1. The number of anilines is 3. The van der Waals surface area contributed by atoms with Gasteiger partial charge >= 0.3 is 0 Å². The fourth-order valence-corrected chi connectivity index (χ4v) is 1.91. The van der Waals surface area contributed by atoms with Crippen LogP contribution < -0.4 is 11.1 Å². The molecule has 0 aromatic heterocycles. The molecule has 18 heavy (non-hydrogen) atoms. The van der Waals surface area contributed by atoms with Gasteiger partial charge in [0.15, 0.2) is 0 Å². The van der Waals surface area contributed by atoms with E-state index in [0.29, 0.717) is 27.1 Å². The molecule has 0 aliphatic rings. The van der Waals surface area contributed by atoms with Crippen molar-refractivity contribution in [2.75, 3.05) is 11.1 Å². The Labute approximate surface area is 112 Å². The molecule has 0 heterocycles. The van der Waals surface area contributed by atoms with Gasteiger partial charge in [-0.25, -0.2) is 8.78 Å². The largest absolute Gasteiger partial charge is 0.397 e. The summed E-state index contributed by atoms with van der Waals surface area (Å²) in [4.78, 5) is 0.